The van der Waals surface area contributed by atoms with Crippen molar-refractivity contribution in [3.63, 3.8) is 0 Å². The van der Waals surface area contributed by atoms with Gasteiger partial charge < -0.3 is 33.7 Å². The van der Waals surface area contributed by atoms with Crippen molar-refractivity contribution in [1.29, 1.82) is 0 Å². The third kappa shape index (κ3) is 6.99. The van der Waals surface area contributed by atoms with Gasteiger partial charge in [-0.25, -0.2) is 4.79 Å². The molecule has 2 bridgehead atoms. The summed E-state index contributed by atoms with van der Waals surface area (Å²) in [6, 6.07) is -0.704. The van der Waals surface area contributed by atoms with E-state index in [0.29, 0.717) is 32.4 Å². The highest BCUT2D eigenvalue weighted by molar-refractivity contribution is 5.97. The first-order valence-electron chi connectivity index (χ1n) is 16.6. The maximum atomic E-state index is 13.9. The van der Waals surface area contributed by atoms with E-state index in [9.17, 15) is 19.5 Å². The van der Waals surface area contributed by atoms with E-state index in [1.165, 1.54) is 0 Å². The maximum Gasteiger partial charge on any atom is 0.410 e. The number of ether oxygens (including phenoxy) is 5. The Labute approximate surface area is 273 Å². The van der Waals surface area contributed by atoms with Crippen molar-refractivity contribution in [3.8, 4) is 12.3 Å². The second-order valence-corrected chi connectivity index (χ2v) is 14.1. The van der Waals surface area contributed by atoms with Crippen molar-refractivity contribution in [2.75, 3.05) is 33.8 Å². The average molecular weight is 648 g/mol. The summed E-state index contributed by atoms with van der Waals surface area (Å²) in [6.07, 6.45) is 1.94. The Morgan fingerprint density at radius 2 is 1.85 bits per heavy atom. The molecule has 0 aromatic heterocycles. The molecule has 4 rings (SSSR count). The number of aliphatic hydroxyl groups excluding tert-OH is 1. The fourth-order valence-corrected chi connectivity index (χ4v) is 8.22. The van der Waals surface area contributed by atoms with Crippen LogP contribution < -0.4 is 0 Å². The van der Waals surface area contributed by atoms with Crippen molar-refractivity contribution in [1.82, 2.24) is 9.80 Å². The third-order valence-corrected chi connectivity index (χ3v) is 10.5. The Morgan fingerprint density at radius 3 is 2.48 bits per heavy atom. The molecule has 4 aliphatic rings. The monoisotopic (exact) mass is 647 g/mol. The van der Waals surface area contributed by atoms with Crippen molar-refractivity contribution in [2.24, 2.45) is 22.7 Å². The summed E-state index contributed by atoms with van der Waals surface area (Å²) >= 11 is 0. The number of carbonyl (C=O) groups is 3. The summed E-state index contributed by atoms with van der Waals surface area (Å²) in [7, 11) is 3.77. The number of cyclic esters (lactones) is 1. The van der Waals surface area contributed by atoms with Gasteiger partial charge in [-0.1, -0.05) is 33.6 Å². The summed E-state index contributed by atoms with van der Waals surface area (Å²) in [5.41, 5.74) is -1.48. The standard InChI is InChI=1S/C34H53N3O9/c1-11-15-42-33(7)18-19(3)27-22(6)29-34(8,46-32(41)37(29)14-13-35-27)25(12-2)44-26(39)17-24(38)21(5)30(33)45-31-28(40)23(36(9)10)16-20(4)43-31/h1,19-23,25,28-31,40H,12-18H2,2-10H3/t19-,20-,21+,22+,23+,25-,28-,29-,30-,31+,33+,34-/m1/s1. The number of amides is 1. The van der Waals surface area contributed by atoms with Crippen molar-refractivity contribution >= 4 is 23.6 Å². The van der Waals surface area contributed by atoms with Crippen LogP contribution in [-0.4, -0.2) is 126 Å². The molecule has 46 heavy (non-hydrogen) atoms. The zero-order valence-corrected chi connectivity index (χ0v) is 28.9. The van der Waals surface area contributed by atoms with Gasteiger partial charge in [-0.15, -0.1) is 6.42 Å². The molecular formula is C34H53N3O9. The fourth-order valence-electron chi connectivity index (χ4n) is 8.22. The Morgan fingerprint density at radius 1 is 1.15 bits per heavy atom. The van der Waals surface area contributed by atoms with Crippen LogP contribution in [0.3, 0.4) is 0 Å². The first-order valence-corrected chi connectivity index (χ1v) is 16.6. The lowest BCUT2D eigenvalue weighted by Gasteiger charge is -2.47. The largest absolute Gasteiger partial charge is 0.458 e. The van der Waals surface area contributed by atoms with E-state index in [-0.39, 0.29) is 30.6 Å². The number of Topliss-reactive ketones (excluding diaryl/α,β-unsaturated/α-hetero) is 1. The van der Waals surface area contributed by atoms with E-state index in [1.807, 2.05) is 53.6 Å². The van der Waals surface area contributed by atoms with E-state index in [0.717, 1.165) is 5.71 Å². The van der Waals surface area contributed by atoms with Crippen molar-refractivity contribution in [2.45, 2.75) is 128 Å². The lowest BCUT2D eigenvalue weighted by molar-refractivity contribution is -0.296. The zero-order valence-electron chi connectivity index (χ0n) is 28.9. The van der Waals surface area contributed by atoms with Crippen LogP contribution in [0.15, 0.2) is 4.99 Å². The molecule has 12 nitrogen and oxygen atoms in total. The van der Waals surface area contributed by atoms with Gasteiger partial charge >= 0.3 is 12.1 Å². The van der Waals surface area contributed by atoms with Gasteiger partial charge in [0.15, 0.2) is 11.9 Å². The Hall–Kier alpha value is -2.56. The lowest BCUT2D eigenvalue weighted by Crippen LogP contribution is -2.60. The van der Waals surface area contributed by atoms with E-state index < -0.39 is 72.0 Å². The molecule has 258 valence electrons. The van der Waals surface area contributed by atoms with Gasteiger partial charge in [0.1, 0.15) is 31.0 Å². The van der Waals surface area contributed by atoms with Crippen LogP contribution >= 0.6 is 0 Å². The second-order valence-electron chi connectivity index (χ2n) is 14.1. The number of rotatable bonds is 6. The number of ketones is 1. The number of likely N-dealkylation sites (N-methyl/N-ethyl adjacent to an activating group) is 1. The molecule has 0 spiro atoms. The summed E-state index contributed by atoms with van der Waals surface area (Å²) < 4.78 is 31.1. The predicted molar refractivity (Wildman–Crippen MR) is 170 cm³/mol. The van der Waals surface area contributed by atoms with Gasteiger partial charge in [-0.3, -0.25) is 19.5 Å². The Balaban J connectivity index is 1.81. The predicted octanol–water partition coefficient (Wildman–Crippen LogP) is 2.83. The highest BCUT2D eigenvalue weighted by atomic mass is 16.7. The fraction of sp³-hybridized carbons (Fsp3) is 0.824. The molecule has 4 heterocycles. The van der Waals surface area contributed by atoms with Gasteiger partial charge in [-0.2, -0.15) is 0 Å². The van der Waals surface area contributed by atoms with Crippen LogP contribution in [0.25, 0.3) is 0 Å². The summed E-state index contributed by atoms with van der Waals surface area (Å²) in [5.74, 6) is 0.0490. The normalized spacial score (nSPS) is 42.4. The van der Waals surface area contributed by atoms with Crippen molar-refractivity contribution in [3.05, 3.63) is 0 Å². The number of nitrogens with zero attached hydrogens (tertiary/aromatic N) is 3. The van der Waals surface area contributed by atoms with E-state index in [2.05, 4.69) is 5.92 Å². The molecule has 12 atom stereocenters. The van der Waals surface area contributed by atoms with E-state index in [1.54, 1.807) is 18.7 Å². The number of aliphatic hydroxyl groups is 1. The average Bonchev–Trinajstić information content (AvgIpc) is 3.11. The van der Waals surface area contributed by atoms with Crippen LogP contribution in [0.5, 0.6) is 0 Å². The molecular weight excluding hydrogens is 594 g/mol. The van der Waals surface area contributed by atoms with E-state index >= 15 is 0 Å². The molecule has 4 aliphatic heterocycles. The van der Waals surface area contributed by atoms with Crippen LogP contribution in [0.4, 0.5) is 4.79 Å². The van der Waals surface area contributed by atoms with Crippen LogP contribution in [-0.2, 0) is 33.3 Å². The minimum Gasteiger partial charge on any atom is -0.458 e. The molecule has 1 amide bonds. The van der Waals surface area contributed by atoms with E-state index in [4.69, 9.17) is 35.1 Å². The van der Waals surface area contributed by atoms with Gasteiger partial charge in [0.25, 0.3) is 0 Å². The number of hydrogen-bond acceptors (Lipinski definition) is 11. The quantitative estimate of drug-likeness (QED) is 0.260. The van der Waals surface area contributed by atoms with Crippen LogP contribution in [0, 0.1) is 30.1 Å². The molecule has 3 fully saturated rings. The zero-order chi connectivity index (χ0) is 34.1. The smallest absolute Gasteiger partial charge is 0.410 e. The third-order valence-electron chi connectivity index (χ3n) is 10.5. The number of terminal acetylenes is 1. The van der Waals surface area contributed by atoms with Gasteiger partial charge in [0.05, 0.1) is 30.4 Å². The number of hydrogen-bond donors (Lipinski definition) is 1. The molecule has 3 saturated heterocycles. The van der Waals surface area contributed by atoms with Crippen molar-refractivity contribution < 1.29 is 43.2 Å². The molecule has 0 saturated carbocycles. The van der Waals surface area contributed by atoms with Gasteiger partial charge in [-0.05, 0) is 60.0 Å². The Kier molecular flexibility index (Phi) is 11.3. The highest BCUT2D eigenvalue weighted by Gasteiger charge is 2.60. The molecule has 0 unspecified atom stereocenters. The first kappa shape index (κ1) is 36.3. The summed E-state index contributed by atoms with van der Waals surface area (Å²) in [5, 5.41) is 11.4. The molecule has 0 aromatic rings. The number of esters is 1. The highest BCUT2D eigenvalue weighted by Crippen LogP contribution is 2.43. The molecule has 0 aliphatic carbocycles. The second kappa shape index (κ2) is 14.3. The Bertz CT molecular complexity index is 1220. The first-order chi connectivity index (χ1) is 21.6. The minimum atomic E-state index is -1.18. The molecule has 0 aromatic carbocycles. The minimum absolute atomic E-state index is 0.0616. The van der Waals surface area contributed by atoms with Crippen LogP contribution in [0.2, 0.25) is 0 Å². The topological polar surface area (TPSA) is 136 Å². The summed E-state index contributed by atoms with van der Waals surface area (Å²) in [4.78, 5) is 49.1. The van der Waals surface area contributed by atoms with Gasteiger partial charge in [0, 0.05) is 30.1 Å². The summed E-state index contributed by atoms with van der Waals surface area (Å²) in [6.45, 7) is 13.9. The van der Waals surface area contributed by atoms with Gasteiger partial charge in [0.2, 0.25) is 0 Å². The SMILES string of the molecule is C#CCO[C@@]1(C)C[C@@H](C)C2=NCCN3C(=O)O[C@](C)([C@@H](CC)OC(=O)CC(=O)[C@H](C)[C@H]1O[C@@H]1O[C@H](C)C[C@H](N(C)C)[C@H]1O)[C@H]3[C@H]2C. The lowest BCUT2D eigenvalue weighted by atomic mass is 9.73. The number of fused-ring (bicyclic) bond motifs is 1. The molecule has 12 heteroatoms. The van der Waals surface area contributed by atoms with Crippen LogP contribution in [0.1, 0.15) is 74.1 Å². The number of aliphatic imine (C=N–C) groups is 1. The molecule has 1 N–H and O–H groups in total. The maximum absolute atomic E-state index is 13.9. The molecule has 0 radical (unpaired) electrons. The number of carbonyl (C=O) groups excluding carboxylic acids is 3.